The maximum Gasteiger partial charge on any atom is 0.161 e. The van der Waals surface area contributed by atoms with E-state index < -0.39 is 0 Å². The summed E-state index contributed by atoms with van der Waals surface area (Å²) in [7, 11) is 3.40. The van der Waals surface area contributed by atoms with Gasteiger partial charge >= 0.3 is 0 Å². The average Bonchev–Trinajstić information content (AvgIpc) is 2.45. The monoisotopic (exact) mass is 278 g/mol. The lowest BCUT2D eigenvalue weighted by molar-refractivity contribution is 0.349. The lowest BCUT2D eigenvalue weighted by atomic mass is 9.71. The molecule has 0 N–H and O–H groups in total. The molecule has 2 nitrogen and oxygen atoms in total. The van der Waals surface area contributed by atoms with E-state index in [4.69, 9.17) is 9.47 Å². The zero-order valence-electron chi connectivity index (χ0n) is 14.4. The summed E-state index contributed by atoms with van der Waals surface area (Å²) in [4.78, 5) is 0. The second-order valence-electron chi connectivity index (χ2n) is 6.73. The first-order valence-corrected chi connectivity index (χ1v) is 7.50. The van der Waals surface area contributed by atoms with Crippen LogP contribution in [-0.2, 0) is 10.8 Å². The molecule has 0 unspecified atom stereocenters. The number of rotatable bonds is 6. The second-order valence-corrected chi connectivity index (χ2v) is 6.73. The van der Waals surface area contributed by atoms with Crippen LogP contribution in [0.5, 0.6) is 11.5 Å². The molecule has 114 valence electrons. The van der Waals surface area contributed by atoms with Gasteiger partial charge in [-0.05, 0) is 46.9 Å². The van der Waals surface area contributed by atoms with Crippen LogP contribution in [0.2, 0.25) is 0 Å². The summed E-state index contributed by atoms with van der Waals surface area (Å²) in [5, 5.41) is 0. The minimum absolute atomic E-state index is 0.126. The van der Waals surface area contributed by atoms with E-state index in [1.54, 1.807) is 14.2 Å². The smallest absolute Gasteiger partial charge is 0.161 e. The Balaban J connectivity index is 3.62. The molecule has 1 rings (SSSR count). The molecule has 0 radical (unpaired) electrons. The SMILES string of the molecule is CCC(C)(C)c1cc(OC)c(OC)cc1C(C)(C)CC. The van der Waals surface area contributed by atoms with Crippen LogP contribution >= 0.6 is 0 Å². The van der Waals surface area contributed by atoms with Crippen molar-refractivity contribution in [1.29, 1.82) is 0 Å². The molecule has 20 heavy (non-hydrogen) atoms. The minimum atomic E-state index is 0.126. The Kier molecular flexibility index (Phi) is 5.12. The summed E-state index contributed by atoms with van der Waals surface area (Å²) in [6.07, 6.45) is 2.19. The molecule has 0 amide bonds. The van der Waals surface area contributed by atoms with Crippen LogP contribution in [0.3, 0.4) is 0 Å². The summed E-state index contributed by atoms with van der Waals surface area (Å²) >= 11 is 0. The molecule has 0 heterocycles. The van der Waals surface area contributed by atoms with Crippen molar-refractivity contribution >= 4 is 0 Å². The van der Waals surface area contributed by atoms with Crippen molar-refractivity contribution in [2.45, 2.75) is 65.2 Å². The first kappa shape index (κ1) is 16.9. The van der Waals surface area contributed by atoms with Gasteiger partial charge in [0.2, 0.25) is 0 Å². The predicted octanol–water partition coefficient (Wildman–Crippen LogP) is 5.08. The van der Waals surface area contributed by atoms with Crippen molar-refractivity contribution < 1.29 is 9.47 Å². The summed E-state index contributed by atoms with van der Waals surface area (Å²) in [5.74, 6) is 1.64. The van der Waals surface area contributed by atoms with Gasteiger partial charge in [0.25, 0.3) is 0 Å². The van der Waals surface area contributed by atoms with Crippen molar-refractivity contribution in [1.82, 2.24) is 0 Å². The molecule has 0 fully saturated rings. The lowest BCUT2D eigenvalue weighted by Crippen LogP contribution is -2.25. The first-order valence-electron chi connectivity index (χ1n) is 7.50. The highest BCUT2D eigenvalue weighted by atomic mass is 16.5. The van der Waals surface area contributed by atoms with Crippen LogP contribution in [0.4, 0.5) is 0 Å². The van der Waals surface area contributed by atoms with Crippen molar-refractivity contribution in [2.24, 2.45) is 0 Å². The third-order valence-corrected chi connectivity index (χ3v) is 4.75. The predicted molar refractivity (Wildman–Crippen MR) is 86.2 cm³/mol. The normalized spacial score (nSPS) is 12.4. The highest BCUT2D eigenvalue weighted by Crippen LogP contribution is 2.43. The molecule has 0 saturated carbocycles. The zero-order valence-corrected chi connectivity index (χ0v) is 14.4. The van der Waals surface area contributed by atoms with E-state index in [1.807, 2.05) is 0 Å². The van der Waals surface area contributed by atoms with Crippen molar-refractivity contribution in [3.63, 3.8) is 0 Å². The Morgan fingerprint density at radius 2 is 1.05 bits per heavy atom. The van der Waals surface area contributed by atoms with E-state index >= 15 is 0 Å². The Morgan fingerprint density at radius 1 is 0.750 bits per heavy atom. The molecule has 1 aromatic rings. The first-order chi connectivity index (χ1) is 9.23. The van der Waals surface area contributed by atoms with Gasteiger partial charge in [-0.1, -0.05) is 41.5 Å². The van der Waals surface area contributed by atoms with E-state index in [0.717, 1.165) is 24.3 Å². The summed E-state index contributed by atoms with van der Waals surface area (Å²) in [6.45, 7) is 13.7. The number of hydrogen-bond acceptors (Lipinski definition) is 2. The molecule has 0 aliphatic carbocycles. The van der Waals surface area contributed by atoms with Crippen LogP contribution in [-0.4, -0.2) is 14.2 Å². The molecular formula is C18H30O2. The van der Waals surface area contributed by atoms with Gasteiger partial charge in [0.1, 0.15) is 0 Å². The highest BCUT2D eigenvalue weighted by Gasteiger charge is 2.30. The van der Waals surface area contributed by atoms with Gasteiger partial charge in [-0.2, -0.15) is 0 Å². The van der Waals surface area contributed by atoms with Crippen LogP contribution < -0.4 is 9.47 Å². The summed E-state index contributed by atoms with van der Waals surface area (Å²) in [5.41, 5.74) is 2.98. The van der Waals surface area contributed by atoms with Gasteiger partial charge < -0.3 is 9.47 Å². The fourth-order valence-corrected chi connectivity index (χ4v) is 2.38. The summed E-state index contributed by atoms with van der Waals surface area (Å²) in [6, 6.07) is 4.32. The maximum atomic E-state index is 5.49. The number of hydrogen-bond donors (Lipinski definition) is 0. The fourth-order valence-electron chi connectivity index (χ4n) is 2.38. The third kappa shape index (κ3) is 3.11. The Labute approximate surface area is 124 Å². The third-order valence-electron chi connectivity index (χ3n) is 4.75. The maximum absolute atomic E-state index is 5.49. The lowest BCUT2D eigenvalue weighted by Gasteiger charge is -2.34. The molecule has 0 spiro atoms. The zero-order chi connectivity index (χ0) is 15.6. The highest BCUT2D eigenvalue weighted by molar-refractivity contribution is 5.52. The van der Waals surface area contributed by atoms with Gasteiger partial charge in [0.15, 0.2) is 11.5 Å². The fraction of sp³-hybridized carbons (Fsp3) is 0.667. The van der Waals surface area contributed by atoms with E-state index in [9.17, 15) is 0 Å². The van der Waals surface area contributed by atoms with Crippen molar-refractivity contribution in [2.75, 3.05) is 14.2 Å². The van der Waals surface area contributed by atoms with Crippen molar-refractivity contribution in [3.05, 3.63) is 23.3 Å². The van der Waals surface area contributed by atoms with Gasteiger partial charge in [-0.3, -0.25) is 0 Å². The second kappa shape index (κ2) is 6.07. The Hall–Kier alpha value is -1.18. The molecule has 0 atom stereocenters. The molecular weight excluding hydrogens is 248 g/mol. The van der Waals surface area contributed by atoms with E-state index in [-0.39, 0.29) is 10.8 Å². The largest absolute Gasteiger partial charge is 0.493 e. The van der Waals surface area contributed by atoms with Gasteiger partial charge in [-0.25, -0.2) is 0 Å². The quantitative estimate of drug-likeness (QED) is 0.722. The Morgan fingerprint density at radius 3 is 1.25 bits per heavy atom. The summed E-state index contributed by atoms with van der Waals surface area (Å²) < 4.78 is 11.0. The van der Waals surface area contributed by atoms with Gasteiger partial charge in [0.05, 0.1) is 14.2 Å². The topological polar surface area (TPSA) is 18.5 Å². The molecule has 0 bridgehead atoms. The van der Waals surface area contributed by atoms with Crippen LogP contribution in [0.25, 0.3) is 0 Å². The number of benzene rings is 1. The van der Waals surface area contributed by atoms with Crippen molar-refractivity contribution in [3.8, 4) is 11.5 Å². The van der Waals surface area contributed by atoms with Crippen LogP contribution in [0, 0.1) is 0 Å². The van der Waals surface area contributed by atoms with Gasteiger partial charge in [0, 0.05) is 0 Å². The van der Waals surface area contributed by atoms with E-state index in [0.29, 0.717) is 0 Å². The molecule has 0 aromatic heterocycles. The molecule has 0 aliphatic heterocycles. The minimum Gasteiger partial charge on any atom is -0.493 e. The van der Waals surface area contributed by atoms with Gasteiger partial charge in [-0.15, -0.1) is 0 Å². The number of methoxy groups -OCH3 is 2. The standard InChI is InChI=1S/C18H30O2/c1-9-17(3,4)13-11-15(19-7)16(20-8)12-14(13)18(5,6)10-2/h11-12H,9-10H2,1-8H3. The Bertz CT molecular complexity index is 416. The van der Waals surface area contributed by atoms with E-state index in [2.05, 4.69) is 53.7 Å². The molecule has 0 aliphatic rings. The molecule has 1 aromatic carbocycles. The van der Waals surface area contributed by atoms with E-state index in [1.165, 1.54) is 11.1 Å². The molecule has 0 saturated heterocycles. The molecule has 2 heteroatoms. The average molecular weight is 278 g/mol. The van der Waals surface area contributed by atoms with Crippen LogP contribution in [0.15, 0.2) is 12.1 Å². The number of ether oxygens (including phenoxy) is 2. The van der Waals surface area contributed by atoms with Crippen LogP contribution in [0.1, 0.15) is 65.5 Å².